The molecule has 5 nitrogen and oxygen atoms in total. The molecule has 1 aromatic carbocycles. The van der Waals surface area contributed by atoms with Crippen LogP contribution in [0.3, 0.4) is 0 Å². The Bertz CT molecular complexity index is 532. The second-order valence-electron chi connectivity index (χ2n) is 4.94. The molecule has 1 fully saturated rings. The number of benzene rings is 1. The molecule has 0 bridgehead atoms. The van der Waals surface area contributed by atoms with Crippen molar-refractivity contribution < 1.29 is 9.47 Å². The molecule has 0 amide bonds. The van der Waals surface area contributed by atoms with E-state index < -0.39 is 0 Å². The van der Waals surface area contributed by atoms with E-state index in [2.05, 4.69) is 15.3 Å². The minimum Gasteiger partial charge on any atom is -0.493 e. The Morgan fingerprint density at radius 3 is 2.53 bits per heavy atom. The maximum absolute atomic E-state index is 5.29. The molecule has 2 N–H and O–H groups in total. The van der Waals surface area contributed by atoms with Crippen LogP contribution in [0.5, 0.6) is 11.5 Å². The van der Waals surface area contributed by atoms with Crippen LogP contribution in [0.15, 0.2) is 12.1 Å². The Kier molecular flexibility index (Phi) is 3.19. The van der Waals surface area contributed by atoms with E-state index >= 15 is 0 Å². The fraction of sp³-hybridized carbons (Fsp3) is 0.500. The molecule has 0 spiro atoms. The van der Waals surface area contributed by atoms with Crippen LogP contribution in [0, 0.1) is 0 Å². The highest BCUT2D eigenvalue weighted by molar-refractivity contribution is 5.81. The summed E-state index contributed by atoms with van der Waals surface area (Å²) < 4.78 is 10.6. The van der Waals surface area contributed by atoms with Crippen LogP contribution < -0.4 is 14.8 Å². The second kappa shape index (κ2) is 4.99. The van der Waals surface area contributed by atoms with Crippen molar-refractivity contribution in [2.24, 2.45) is 0 Å². The minimum absolute atomic E-state index is 0.546. The number of nitrogens with zero attached hydrogens (tertiary/aromatic N) is 1. The Morgan fingerprint density at radius 1 is 1.16 bits per heavy atom. The molecule has 3 rings (SSSR count). The summed E-state index contributed by atoms with van der Waals surface area (Å²) in [7, 11) is 3.27. The summed E-state index contributed by atoms with van der Waals surface area (Å²) in [5.74, 6) is 2.25. The number of H-pyrrole nitrogens is 1. The van der Waals surface area contributed by atoms with Gasteiger partial charge in [0, 0.05) is 18.2 Å². The van der Waals surface area contributed by atoms with Gasteiger partial charge in [0.2, 0.25) is 5.95 Å². The molecule has 1 aliphatic rings. The van der Waals surface area contributed by atoms with E-state index in [9.17, 15) is 0 Å². The van der Waals surface area contributed by atoms with Crippen molar-refractivity contribution in [3.8, 4) is 11.5 Å². The average Bonchev–Trinajstić information content (AvgIpc) is 3.05. The molecule has 2 aromatic rings. The number of hydrogen-bond donors (Lipinski definition) is 2. The van der Waals surface area contributed by atoms with Gasteiger partial charge in [-0.15, -0.1) is 0 Å². The smallest absolute Gasteiger partial charge is 0.201 e. The lowest BCUT2D eigenvalue weighted by Crippen LogP contribution is -2.15. The van der Waals surface area contributed by atoms with Crippen molar-refractivity contribution in [1.82, 2.24) is 9.97 Å². The quantitative estimate of drug-likeness (QED) is 0.888. The molecule has 5 heteroatoms. The van der Waals surface area contributed by atoms with E-state index in [0.717, 1.165) is 17.0 Å². The van der Waals surface area contributed by atoms with Crippen LogP contribution in [-0.2, 0) is 0 Å². The normalized spacial score (nSPS) is 15.9. The number of hydrogen-bond acceptors (Lipinski definition) is 4. The summed E-state index contributed by atoms with van der Waals surface area (Å²) in [6.45, 7) is 0. The number of nitrogens with one attached hydrogen (secondary N) is 2. The Labute approximate surface area is 112 Å². The molecule has 0 aliphatic heterocycles. The molecular formula is C14H19N3O2. The van der Waals surface area contributed by atoms with Gasteiger partial charge in [0.15, 0.2) is 11.5 Å². The number of rotatable bonds is 4. The number of aromatic nitrogens is 2. The van der Waals surface area contributed by atoms with Gasteiger partial charge in [-0.25, -0.2) is 4.98 Å². The lowest BCUT2D eigenvalue weighted by Gasteiger charge is -2.09. The molecule has 1 aromatic heterocycles. The van der Waals surface area contributed by atoms with Crippen LogP contribution in [0.4, 0.5) is 5.95 Å². The van der Waals surface area contributed by atoms with Crippen LogP contribution in [0.1, 0.15) is 25.7 Å². The van der Waals surface area contributed by atoms with Crippen molar-refractivity contribution in [1.29, 1.82) is 0 Å². The first-order valence-corrected chi connectivity index (χ1v) is 6.68. The zero-order valence-electron chi connectivity index (χ0n) is 11.3. The summed E-state index contributed by atoms with van der Waals surface area (Å²) in [6, 6.07) is 4.36. The number of imidazole rings is 1. The van der Waals surface area contributed by atoms with Crippen LogP contribution in [-0.4, -0.2) is 30.2 Å². The summed E-state index contributed by atoms with van der Waals surface area (Å²) in [5.41, 5.74) is 1.84. The Morgan fingerprint density at radius 2 is 1.84 bits per heavy atom. The zero-order valence-corrected chi connectivity index (χ0v) is 11.3. The fourth-order valence-corrected chi connectivity index (χ4v) is 2.67. The third-order valence-electron chi connectivity index (χ3n) is 3.68. The van der Waals surface area contributed by atoms with Crippen LogP contribution >= 0.6 is 0 Å². The number of anilines is 1. The van der Waals surface area contributed by atoms with Gasteiger partial charge in [0.1, 0.15) is 0 Å². The van der Waals surface area contributed by atoms with Crippen LogP contribution in [0.25, 0.3) is 11.0 Å². The van der Waals surface area contributed by atoms with E-state index in [1.54, 1.807) is 14.2 Å². The predicted molar refractivity (Wildman–Crippen MR) is 75.1 cm³/mol. The summed E-state index contributed by atoms with van der Waals surface area (Å²) >= 11 is 0. The van der Waals surface area contributed by atoms with Crippen molar-refractivity contribution in [2.45, 2.75) is 31.7 Å². The highest BCUT2D eigenvalue weighted by Gasteiger charge is 2.16. The molecule has 0 atom stereocenters. The maximum atomic E-state index is 5.29. The third-order valence-corrected chi connectivity index (χ3v) is 3.68. The minimum atomic E-state index is 0.546. The summed E-state index contributed by atoms with van der Waals surface area (Å²) in [4.78, 5) is 7.85. The molecule has 0 unspecified atom stereocenters. The molecule has 0 saturated heterocycles. The van der Waals surface area contributed by atoms with Gasteiger partial charge in [-0.1, -0.05) is 12.8 Å². The van der Waals surface area contributed by atoms with E-state index in [4.69, 9.17) is 9.47 Å². The standard InChI is InChI=1S/C14H19N3O2/c1-18-12-7-10-11(8-13(12)19-2)17-14(16-10)15-9-5-3-4-6-9/h7-9H,3-6H2,1-2H3,(H2,15,16,17). The largest absolute Gasteiger partial charge is 0.493 e. The summed E-state index contributed by atoms with van der Waals surface area (Å²) in [6.07, 6.45) is 5.06. The van der Waals surface area contributed by atoms with Crippen molar-refractivity contribution in [2.75, 3.05) is 19.5 Å². The molecule has 102 valence electrons. The van der Waals surface area contributed by atoms with Gasteiger partial charge in [0.05, 0.1) is 25.3 Å². The lowest BCUT2D eigenvalue weighted by atomic mass is 10.3. The highest BCUT2D eigenvalue weighted by Crippen LogP contribution is 2.32. The molecule has 1 saturated carbocycles. The maximum Gasteiger partial charge on any atom is 0.201 e. The van der Waals surface area contributed by atoms with E-state index in [1.165, 1.54) is 25.7 Å². The lowest BCUT2D eigenvalue weighted by molar-refractivity contribution is 0.356. The van der Waals surface area contributed by atoms with Gasteiger partial charge in [0.25, 0.3) is 0 Å². The number of fused-ring (bicyclic) bond motifs is 1. The zero-order chi connectivity index (χ0) is 13.2. The topological polar surface area (TPSA) is 59.2 Å². The van der Waals surface area contributed by atoms with Crippen LogP contribution in [0.2, 0.25) is 0 Å². The highest BCUT2D eigenvalue weighted by atomic mass is 16.5. The van der Waals surface area contributed by atoms with Gasteiger partial charge >= 0.3 is 0 Å². The van der Waals surface area contributed by atoms with Gasteiger partial charge in [-0.2, -0.15) is 0 Å². The second-order valence-corrected chi connectivity index (χ2v) is 4.94. The van der Waals surface area contributed by atoms with Crippen molar-refractivity contribution in [3.05, 3.63) is 12.1 Å². The van der Waals surface area contributed by atoms with E-state index in [-0.39, 0.29) is 0 Å². The number of ether oxygens (including phenoxy) is 2. The van der Waals surface area contributed by atoms with Gasteiger partial charge in [-0.05, 0) is 12.8 Å². The first kappa shape index (κ1) is 12.1. The average molecular weight is 261 g/mol. The Balaban J connectivity index is 1.91. The van der Waals surface area contributed by atoms with Gasteiger partial charge in [-0.3, -0.25) is 0 Å². The number of aromatic amines is 1. The third kappa shape index (κ3) is 2.32. The molecule has 1 heterocycles. The van der Waals surface area contributed by atoms with E-state index in [0.29, 0.717) is 17.5 Å². The molecule has 19 heavy (non-hydrogen) atoms. The molecule has 0 radical (unpaired) electrons. The van der Waals surface area contributed by atoms with Gasteiger partial charge < -0.3 is 19.8 Å². The van der Waals surface area contributed by atoms with Crippen molar-refractivity contribution in [3.63, 3.8) is 0 Å². The first-order valence-electron chi connectivity index (χ1n) is 6.68. The number of methoxy groups -OCH3 is 2. The Hall–Kier alpha value is -1.91. The van der Waals surface area contributed by atoms with Crippen molar-refractivity contribution >= 4 is 17.0 Å². The molecular weight excluding hydrogens is 242 g/mol. The predicted octanol–water partition coefficient (Wildman–Crippen LogP) is 2.93. The first-order chi connectivity index (χ1) is 9.30. The van der Waals surface area contributed by atoms with E-state index in [1.807, 2.05) is 12.1 Å². The fourth-order valence-electron chi connectivity index (χ4n) is 2.67. The monoisotopic (exact) mass is 261 g/mol. The molecule has 1 aliphatic carbocycles. The summed E-state index contributed by atoms with van der Waals surface area (Å²) in [5, 5.41) is 3.46. The SMILES string of the molecule is COc1cc2nc(NC3CCCC3)[nH]c2cc1OC.